The van der Waals surface area contributed by atoms with E-state index in [1.54, 1.807) is 0 Å². The number of esters is 1. The van der Waals surface area contributed by atoms with Crippen molar-refractivity contribution < 1.29 is 14.3 Å². The Hall–Kier alpha value is -2.17. The lowest BCUT2D eigenvalue weighted by molar-refractivity contribution is -0.150. The zero-order valence-corrected chi connectivity index (χ0v) is 13.8. The Labute approximate surface area is 143 Å². The number of benzene rings is 2. The molecular formula is C20H23NO3. The minimum atomic E-state index is -0.183. The zero-order valence-electron chi connectivity index (χ0n) is 13.8. The summed E-state index contributed by atoms with van der Waals surface area (Å²) in [5, 5.41) is 0. The number of nitrogens with zero attached hydrogens (tertiary/aromatic N) is 1. The Morgan fingerprint density at radius 2 is 1.58 bits per heavy atom. The van der Waals surface area contributed by atoms with Crippen molar-refractivity contribution in [1.82, 2.24) is 4.90 Å². The van der Waals surface area contributed by atoms with Crippen molar-refractivity contribution in [3.63, 3.8) is 0 Å². The van der Waals surface area contributed by atoms with Crippen molar-refractivity contribution in [2.75, 3.05) is 19.8 Å². The molecule has 0 N–H and O–H groups in total. The highest BCUT2D eigenvalue weighted by Crippen LogP contribution is 2.12. The first-order valence-electron chi connectivity index (χ1n) is 8.37. The molecule has 0 amide bonds. The minimum absolute atomic E-state index is 0.0900. The SMILES string of the molecule is O=C(CN(Cc1ccccc1)Cc1ccccc1)O[C@H]1CCOC1. The second-order valence-electron chi connectivity index (χ2n) is 6.09. The molecule has 4 nitrogen and oxygen atoms in total. The summed E-state index contributed by atoms with van der Waals surface area (Å²) in [5.41, 5.74) is 2.37. The van der Waals surface area contributed by atoms with Crippen LogP contribution in [0, 0.1) is 0 Å². The number of hydrogen-bond donors (Lipinski definition) is 0. The van der Waals surface area contributed by atoms with Gasteiger partial charge in [-0.2, -0.15) is 0 Å². The van der Waals surface area contributed by atoms with Gasteiger partial charge in [0.2, 0.25) is 0 Å². The molecule has 1 saturated heterocycles. The van der Waals surface area contributed by atoms with Crippen molar-refractivity contribution >= 4 is 5.97 Å². The van der Waals surface area contributed by atoms with Crippen LogP contribution in [0.2, 0.25) is 0 Å². The molecule has 126 valence electrons. The Morgan fingerprint density at radius 1 is 1.00 bits per heavy atom. The molecule has 0 saturated carbocycles. The average Bonchev–Trinajstić information content (AvgIpc) is 3.09. The van der Waals surface area contributed by atoms with E-state index in [4.69, 9.17) is 9.47 Å². The average molecular weight is 325 g/mol. The molecular weight excluding hydrogens is 302 g/mol. The summed E-state index contributed by atoms with van der Waals surface area (Å²) in [7, 11) is 0. The maximum Gasteiger partial charge on any atom is 0.320 e. The Kier molecular flexibility index (Phi) is 5.99. The molecule has 0 unspecified atom stereocenters. The molecule has 2 aromatic carbocycles. The van der Waals surface area contributed by atoms with Crippen LogP contribution < -0.4 is 0 Å². The molecule has 1 fully saturated rings. The summed E-state index contributed by atoms with van der Waals surface area (Å²) in [6, 6.07) is 20.4. The Bertz CT molecular complexity index is 582. The fraction of sp³-hybridized carbons (Fsp3) is 0.350. The fourth-order valence-electron chi connectivity index (χ4n) is 2.86. The molecule has 0 radical (unpaired) electrons. The van der Waals surface area contributed by atoms with Gasteiger partial charge in [-0.05, 0) is 11.1 Å². The largest absolute Gasteiger partial charge is 0.459 e. The monoisotopic (exact) mass is 325 g/mol. The summed E-state index contributed by atoms with van der Waals surface area (Å²) in [4.78, 5) is 14.4. The van der Waals surface area contributed by atoms with Crippen LogP contribution in [0.3, 0.4) is 0 Å². The van der Waals surface area contributed by atoms with Crippen molar-refractivity contribution in [3.8, 4) is 0 Å². The molecule has 0 aliphatic carbocycles. The van der Waals surface area contributed by atoms with Crippen LogP contribution >= 0.6 is 0 Å². The van der Waals surface area contributed by atoms with Crippen molar-refractivity contribution in [2.24, 2.45) is 0 Å². The highest BCUT2D eigenvalue weighted by molar-refractivity contribution is 5.71. The maximum atomic E-state index is 12.3. The van der Waals surface area contributed by atoms with Gasteiger partial charge in [-0.1, -0.05) is 60.7 Å². The molecule has 1 atom stereocenters. The zero-order chi connectivity index (χ0) is 16.6. The number of hydrogen-bond acceptors (Lipinski definition) is 4. The van der Waals surface area contributed by atoms with Crippen LogP contribution in [0.15, 0.2) is 60.7 Å². The second kappa shape index (κ2) is 8.62. The van der Waals surface area contributed by atoms with Crippen molar-refractivity contribution in [3.05, 3.63) is 71.8 Å². The Morgan fingerprint density at radius 3 is 2.08 bits per heavy atom. The van der Waals surface area contributed by atoms with Gasteiger partial charge in [-0.15, -0.1) is 0 Å². The molecule has 2 aromatic rings. The third-order valence-electron chi connectivity index (χ3n) is 4.04. The third-order valence-corrected chi connectivity index (χ3v) is 4.04. The quantitative estimate of drug-likeness (QED) is 0.734. The Balaban J connectivity index is 1.63. The van der Waals surface area contributed by atoms with Crippen LogP contribution in [0.1, 0.15) is 17.5 Å². The topological polar surface area (TPSA) is 38.8 Å². The fourth-order valence-corrected chi connectivity index (χ4v) is 2.86. The highest BCUT2D eigenvalue weighted by atomic mass is 16.6. The molecule has 1 aliphatic rings. The van der Waals surface area contributed by atoms with Gasteiger partial charge in [0.15, 0.2) is 0 Å². The van der Waals surface area contributed by atoms with E-state index in [9.17, 15) is 4.79 Å². The highest BCUT2D eigenvalue weighted by Gasteiger charge is 2.21. The third kappa shape index (κ3) is 5.18. The number of rotatable bonds is 7. The van der Waals surface area contributed by atoms with E-state index >= 15 is 0 Å². The van der Waals surface area contributed by atoms with Gasteiger partial charge >= 0.3 is 5.97 Å². The van der Waals surface area contributed by atoms with E-state index in [0.29, 0.717) is 26.3 Å². The normalized spacial score (nSPS) is 17.1. The molecule has 0 aromatic heterocycles. The molecule has 1 aliphatic heterocycles. The minimum Gasteiger partial charge on any atom is -0.459 e. The van der Waals surface area contributed by atoms with Gasteiger partial charge < -0.3 is 9.47 Å². The lowest BCUT2D eigenvalue weighted by atomic mass is 10.1. The first-order chi connectivity index (χ1) is 11.8. The number of ether oxygens (including phenoxy) is 2. The lowest BCUT2D eigenvalue weighted by Gasteiger charge is -2.22. The van der Waals surface area contributed by atoms with Crippen LogP contribution in [0.5, 0.6) is 0 Å². The molecule has 3 rings (SSSR count). The van der Waals surface area contributed by atoms with E-state index in [-0.39, 0.29) is 18.6 Å². The first kappa shape index (κ1) is 16.7. The summed E-state index contributed by atoms with van der Waals surface area (Å²) in [5.74, 6) is -0.183. The van der Waals surface area contributed by atoms with Crippen LogP contribution in [-0.2, 0) is 27.4 Å². The van der Waals surface area contributed by atoms with Gasteiger partial charge in [-0.25, -0.2) is 0 Å². The van der Waals surface area contributed by atoms with Gasteiger partial charge in [0, 0.05) is 19.5 Å². The summed E-state index contributed by atoms with van der Waals surface area (Å²) >= 11 is 0. The van der Waals surface area contributed by atoms with Gasteiger partial charge in [0.05, 0.1) is 19.8 Å². The molecule has 1 heterocycles. The number of carbonyl (C=O) groups excluding carboxylic acids is 1. The molecule has 24 heavy (non-hydrogen) atoms. The number of carbonyl (C=O) groups is 1. The van der Waals surface area contributed by atoms with Crippen molar-refractivity contribution in [2.45, 2.75) is 25.6 Å². The predicted octanol–water partition coefficient (Wildman–Crippen LogP) is 3.02. The van der Waals surface area contributed by atoms with Crippen LogP contribution in [-0.4, -0.2) is 36.7 Å². The van der Waals surface area contributed by atoms with Crippen molar-refractivity contribution in [1.29, 1.82) is 0 Å². The molecule has 4 heteroatoms. The molecule has 0 bridgehead atoms. The van der Waals surface area contributed by atoms with Crippen LogP contribution in [0.25, 0.3) is 0 Å². The maximum absolute atomic E-state index is 12.3. The van der Waals surface area contributed by atoms with Gasteiger partial charge in [0.25, 0.3) is 0 Å². The van der Waals surface area contributed by atoms with E-state index in [2.05, 4.69) is 29.2 Å². The summed E-state index contributed by atoms with van der Waals surface area (Å²) in [6.45, 7) is 2.90. The standard InChI is InChI=1S/C20H23NO3/c22-20(24-19-11-12-23-16-19)15-21(13-17-7-3-1-4-8-17)14-18-9-5-2-6-10-18/h1-10,19H,11-16H2/t19-/m0/s1. The summed E-state index contributed by atoms with van der Waals surface area (Å²) < 4.78 is 10.8. The van der Waals surface area contributed by atoms with E-state index in [1.807, 2.05) is 36.4 Å². The smallest absolute Gasteiger partial charge is 0.320 e. The first-order valence-corrected chi connectivity index (χ1v) is 8.37. The second-order valence-corrected chi connectivity index (χ2v) is 6.09. The lowest BCUT2D eigenvalue weighted by Crippen LogP contribution is -2.32. The van der Waals surface area contributed by atoms with E-state index in [0.717, 1.165) is 6.42 Å². The summed E-state index contributed by atoms with van der Waals surface area (Å²) in [6.07, 6.45) is 0.705. The van der Waals surface area contributed by atoms with Crippen LogP contribution in [0.4, 0.5) is 0 Å². The van der Waals surface area contributed by atoms with Gasteiger partial charge in [0.1, 0.15) is 6.10 Å². The predicted molar refractivity (Wildman–Crippen MR) is 92.3 cm³/mol. The van der Waals surface area contributed by atoms with E-state index < -0.39 is 0 Å². The van der Waals surface area contributed by atoms with Gasteiger partial charge in [-0.3, -0.25) is 9.69 Å². The van der Waals surface area contributed by atoms with E-state index in [1.165, 1.54) is 11.1 Å². The molecule has 0 spiro atoms.